The van der Waals surface area contributed by atoms with E-state index in [1.165, 1.54) is 19.2 Å². The standard InChI is InChI=1S/C19H21N3O5S/c1-3-4-11-27-14-7-5-13(6-8-14)18(23)21-19(28)20-16-10-9-15(26-2)12-17(16)22(24)25/h5-10,12H,3-4,11H2,1-2H3,(H2,20,21,23,28). The second-order valence-electron chi connectivity index (χ2n) is 5.77. The highest BCUT2D eigenvalue weighted by Gasteiger charge is 2.17. The molecule has 148 valence electrons. The van der Waals surface area contributed by atoms with E-state index in [0.29, 0.717) is 23.7 Å². The maximum absolute atomic E-state index is 12.3. The summed E-state index contributed by atoms with van der Waals surface area (Å²) in [5.41, 5.74) is 0.316. The van der Waals surface area contributed by atoms with E-state index in [0.717, 1.165) is 12.8 Å². The number of methoxy groups -OCH3 is 1. The number of amides is 1. The van der Waals surface area contributed by atoms with Crippen molar-refractivity contribution in [2.75, 3.05) is 19.0 Å². The molecule has 9 heteroatoms. The predicted molar refractivity (Wildman–Crippen MR) is 110 cm³/mol. The van der Waals surface area contributed by atoms with Crippen molar-refractivity contribution in [3.05, 3.63) is 58.1 Å². The molecule has 0 aliphatic carbocycles. The summed E-state index contributed by atoms with van der Waals surface area (Å²) in [5.74, 6) is 0.585. The van der Waals surface area contributed by atoms with Gasteiger partial charge in [0.1, 0.15) is 17.2 Å². The SMILES string of the molecule is CCCCOc1ccc(C(=O)NC(=S)Nc2ccc(OC)cc2[N+](=O)[O-])cc1. The molecule has 2 rings (SSSR count). The smallest absolute Gasteiger partial charge is 0.296 e. The first-order valence-corrected chi connectivity index (χ1v) is 9.03. The second-order valence-corrected chi connectivity index (χ2v) is 6.18. The Hall–Kier alpha value is -3.20. The number of anilines is 1. The van der Waals surface area contributed by atoms with Crippen molar-refractivity contribution < 1.29 is 19.2 Å². The van der Waals surface area contributed by atoms with Crippen LogP contribution in [-0.2, 0) is 0 Å². The van der Waals surface area contributed by atoms with Crippen LogP contribution in [0.5, 0.6) is 11.5 Å². The molecule has 2 aromatic carbocycles. The average molecular weight is 403 g/mol. The van der Waals surface area contributed by atoms with Gasteiger partial charge in [-0.3, -0.25) is 20.2 Å². The van der Waals surface area contributed by atoms with Gasteiger partial charge in [0.2, 0.25) is 0 Å². The lowest BCUT2D eigenvalue weighted by Gasteiger charge is -2.11. The van der Waals surface area contributed by atoms with Gasteiger partial charge in [-0.1, -0.05) is 13.3 Å². The van der Waals surface area contributed by atoms with E-state index in [9.17, 15) is 14.9 Å². The van der Waals surface area contributed by atoms with Gasteiger partial charge in [0.15, 0.2) is 5.11 Å². The zero-order valence-electron chi connectivity index (χ0n) is 15.6. The van der Waals surface area contributed by atoms with Crippen molar-refractivity contribution in [2.45, 2.75) is 19.8 Å². The Bertz CT molecular complexity index is 855. The number of hydrogen-bond donors (Lipinski definition) is 2. The topological polar surface area (TPSA) is 103 Å². The molecule has 0 heterocycles. The van der Waals surface area contributed by atoms with E-state index in [4.69, 9.17) is 21.7 Å². The Morgan fingerprint density at radius 1 is 1.18 bits per heavy atom. The zero-order chi connectivity index (χ0) is 20.5. The largest absolute Gasteiger partial charge is 0.496 e. The Kier molecular flexibility index (Phi) is 7.70. The van der Waals surface area contributed by atoms with Crippen molar-refractivity contribution in [3.63, 3.8) is 0 Å². The third-order valence-corrected chi connectivity index (χ3v) is 3.96. The predicted octanol–water partition coefficient (Wildman–Crippen LogP) is 3.91. The van der Waals surface area contributed by atoms with Crippen LogP contribution in [0, 0.1) is 10.1 Å². The highest BCUT2D eigenvalue weighted by Crippen LogP contribution is 2.28. The van der Waals surface area contributed by atoms with Crippen LogP contribution in [0.3, 0.4) is 0 Å². The molecule has 0 aliphatic rings. The number of rotatable bonds is 8. The molecule has 0 radical (unpaired) electrons. The minimum absolute atomic E-state index is 0.0541. The maximum atomic E-state index is 12.3. The summed E-state index contributed by atoms with van der Waals surface area (Å²) in [5, 5.41) is 16.3. The van der Waals surface area contributed by atoms with Gasteiger partial charge in [-0.15, -0.1) is 0 Å². The molecule has 0 spiro atoms. The third-order valence-electron chi connectivity index (χ3n) is 3.76. The molecule has 28 heavy (non-hydrogen) atoms. The number of carbonyl (C=O) groups excluding carboxylic acids is 1. The summed E-state index contributed by atoms with van der Waals surface area (Å²) >= 11 is 5.09. The Morgan fingerprint density at radius 3 is 2.46 bits per heavy atom. The highest BCUT2D eigenvalue weighted by atomic mass is 32.1. The van der Waals surface area contributed by atoms with E-state index >= 15 is 0 Å². The minimum atomic E-state index is -0.563. The Morgan fingerprint density at radius 2 is 1.86 bits per heavy atom. The maximum Gasteiger partial charge on any atom is 0.296 e. The number of unbranched alkanes of at least 4 members (excludes halogenated alkanes) is 1. The molecule has 0 aliphatic heterocycles. The van der Waals surface area contributed by atoms with Crippen molar-refractivity contribution in [3.8, 4) is 11.5 Å². The minimum Gasteiger partial charge on any atom is -0.496 e. The number of nitrogens with one attached hydrogen (secondary N) is 2. The van der Waals surface area contributed by atoms with Gasteiger partial charge in [-0.25, -0.2) is 0 Å². The van der Waals surface area contributed by atoms with Gasteiger partial charge in [0.05, 0.1) is 24.7 Å². The van der Waals surface area contributed by atoms with E-state index < -0.39 is 10.8 Å². The molecule has 0 bridgehead atoms. The number of carbonyl (C=O) groups is 1. The molecule has 2 aromatic rings. The molecule has 1 amide bonds. The lowest BCUT2D eigenvalue weighted by molar-refractivity contribution is -0.384. The van der Waals surface area contributed by atoms with Crippen LogP contribution in [0.2, 0.25) is 0 Å². The van der Waals surface area contributed by atoms with Crippen LogP contribution in [-0.4, -0.2) is 29.7 Å². The van der Waals surface area contributed by atoms with Crippen LogP contribution in [0.15, 0.2) is 42.5 Å². The number of thiocarbonyl (C=S) groups is 1. The number of benzene rings is 2. The van der Waals surface area contributed by atoms with Gasteiger partial charge in [-0.05, 0) is 55.0 Å². The summed E-state index contributed by atoms with van der Waals surface area (Å²) in [6, 6.07) is 10.9. The summed E-state index contributed by atoms with van der Waals surface area (Å²) < 4.78 is 10.5. The number of nitrogens with zero attached hydrogens (tertiary/aromatic N) is 1. The molecule has 0 saturated heterocycles. The van der Waals surface area contributed by atoms with Crippen LogP contribution in [0.25, 0.3) is 0 Å². The van der Waals surface area contributed by atoms with Crippen LogP contribution >= 0.6 is 12.2 Å². The summed E-state index contributed by atoms with van der Waals surface area (Å²) in [6.45, 7) is 2.70. The zero-order valence-corrected chi connectivity index (χ0v) is 16.4. The van der Waals surface area contributed by atoms with Gasteiger partial charge in [0.25, 0.3) is 11.6 Å². The van der Waals surface area contributed by atoms with E-state index in [1.54, 1.807) is 30.3 Å². The molecule has 0 atom stereocenters. The number of hydrogen-bond acceptors (Lipinski definition) is 6. The van der Waals surface area contributed by atoms with Crippen LogP contribution in [0.1, 0.15) is 30.1 Å². The lowest BCUT2D eigenvalue weighted by Crippen LogP contribution is -2.34. The fourth-order valence-corrected chi connectivity index (χ4v) is 2.46. The van der Waals surface area contributed by atoms with Crippen molar-refractivity contribution in [1.82, 2.24) is 5.32 Å². The molecule has 0 aromatic heterocycles. The first kappa shape index (κ1) is 21.1. The Balaban J connectivity index is 1.99. The summed E-state index contributed by atoms with van der Waals surface area (Å²) in [6.07, 6.45) is 2.00. The molecular weight excluding hydrogens is 382 g/mol. The first-order chi connectivity index (χ1) is 13.4. The average Bonchev–Trinajstić information content (AvgIpc) is 2.68. The van der Waals surface area contributed by atoms with Crippen LogP contribution in [0.4, 0.5) is 11.4 Å². The van der Waals surface area contributed by atoms with Gasteiger partial charge < -0.3 is 14.8 Å². The van der Waals surface area contributed by atoms with Crippen LogP contribution < -0.4 is 20.1 Å². The third kappa shape index (κ3) is 5.92. The monoisotopic (exact) mass is 403 g/mol. The fraction of sp³-hybridized carbons (Fsp3) is 0.263. The quantitative estimate of drug-likeness (QED) is 0.298. The molecule has 0 saturated carbocycles. The van der Waals surface area contributed by atoms with Crippen molar-refractivity contribution >= 4 is 34.6 Å². The normalized spacial score (nSPS) is 10.1. The second kappa shape index (κ2) is 10.2. The molecule has 8 nitrogen and oxygen atoms in total. The van der Waals surface area contributed by atoms with E-state index in [1.807, 2.05) is 0 Å². The van der Waals surface area contributed by atoms with Gasteiger partial charge in [-0.2, -0.15) is 0 Å². The lowest BCUT2D eigenvalue weighted by atomic mass is 10.2. The fourth-order valence-electron chi connectivity index (χ4n) is 2.26. The number of nitro groups is 1. The molecular formula is C19H21N3O5S. The Labute approximate surface area is 168 Å². The molecule has 0 unspecified atom stereocenters. The molecule has 2 N–H and O–H groups in total. The van der Waals surface area contributed by atoms with E-state index in [2.05, 4.69) is 17.6 Å². The van der Waals surface area contributed by atoms with Crippen molar-refractivity contribution in [2.24, 2.45) is 0 Å². The van der Waals surface area contributed by atoms with E-state index in [-0.39, 0.29) is 16.5 Å². The van der Waals surface area contributed by atoms with Gasteiger partial charge >= 0.3 is 0 Å². The van der Waals surface area contributed by atoms with Crippen molar-refractivity contribution in [1.29, 1.82) is 0 Å². The number of ether oxygens (including phenoxy) is 2. The van der Waals surface area contributed by atoms with Gasteiger partial charge in [0, 0.05) is 5.56 Å². The summed E-state index contributed by atoms with van der Waals surface area (Å²) in [4.78, 5) is 22.9. The molecule has 0 fully saturated rings. The first-order valence-electron chi connectivity index (χ1n) is 8.62. The number of nitro benzene ring substituents is 1. The summed E-state index contributed by atoms with van der Waals surface area (Å²) in [7, 11) is 1.41. The highest BCUT2D eigenvalue weighted by molar-refractivity contribution is 7.80.